The highest BCUT2D eigenvalue weighted by Gasteiger charge is 2.17. The first-order chi connectivity index (χ1) is 9.26. The van der Waals surface area contributed by atoms with Gasteiger partial charge in [0.25, 0.3) is 5.91 Å². The highest BCUT2D eigenvalue weighted by molar-refractivity contribution is 5.96. The van der Waals surface area contributed by atoms with E-state index in [0.717, 1.165) is 44.3 Å². The van der Waals surface area contributed by atoms with Gasteiger partial charge in [0.15, 0.2) is 0 Å². The molecule has 1 unspecified atom stereocenters. The topological polar surface area (TPSA) is 41.1 Å². The van der Waals surface area contributed by atoms with Gasteiger partial charge in [-0.2, -0.15) is 0 Å². The van der Waals surface area contributed by atoms with E-state index in [0.29, 0.717) is 6.04 Å². The molecular weight excluding hydrogens is 236 g/mol. The van der Waals surface area contributed by atoms with E-state index >= 15 is 0 Å². The number of carbonyl (C=O) groups excluding carboxylic acids is 1. The summed E-state index contributed by atoms with van der Waals surface area (Å²) in [6, 6.07) is 6.73. The van der Waals surface area contributed by atoms with Crippen molar-refractivity contribution in [3.8, 4) is 0 Å². The van der Waals surface area contributed by atoms with Crippen molar-refractivity contribution < 1.29 is 4.79 Å². The normalized spacial score (nSPS) is 16.4. The van der Waals surface area contributed by atoms with Crippen LogP contribution in [-0.4, -0.2) is 19.0 Å². The van der Waals surface area contributed by atoms with E-state index < -0.39 is 0 Å². The maximum absolute atomic E-state index is 12.1. The third kappa shape index (κ3) is 3.35. The predicted octanol–water partition coefficient (Wildman–Crippen LogP) is 2.81. The number of carbonyl (C=O) groups is 1. The largest absolute Gasteiger partial charge is 0.352 e. The number of hydrogen-bond acceptors (Lipinski definition) is 2. The molecule has 3 nitrogen and oxygen atoms in total. The maximum atomic E-state index is 12.1. The van der Waals surface area contributed by atoms with Crippen molar-refractivity contribution in [1.82, 2.24) is 10.6 Å². The zero-order valence-corrected chi connectivity index (χ0v) is 12.0. The van der Waals surface area contributed by atoms with Gasteiger partial charge >= 0.3 is 0 Å². The summed E-state index contributed by atoms with van der Waals surface area (Å²) in [6.45, 7) is 6.15. The van der Waals surface area contributed by atoms with Crippen molar-refractivity contribution >= 4 is 5.91 Å². The minimum Gasteiger partial charge on any atom is -0.352 e. The van der Waals surface area contributed by atoms with Crippen molar-refractivity contribution in [2.75, 3.05) is 13.1 Å². The van der Waals surface area contributed by atoms with E-state index in [1.54, 1.807) is 0 Å². The van der Waals surface area contributed by atoms with Crippen LogP contribution in [0.2, 0.25) is 0 Å². The molecule has 0 radical (unpaired) electrons. The van der Waals surface area contributed by atoms with Crippen LogP contribution in [0.15, 0.2) is 18.2 Å². The van der Waals surface area contributed by atoms with E-state index in [1.807, 2.05) is 0 Å². The highest BCUT2D eigenvalue weighted by Crippen LogP contribution is 2.22. The summed E-state index contributed by atoms with van der Waals surface area (Å²) >= 11 is 0. The monoisotopic (exact) mass is 260 g/mol. The molecule has 1 aliphatic rings. The second kappa shape index (κ2) is 6.71. The molecule has 0 aliphatic carbocycles. The zero-order valence-electron chi connectivity index (χ0n) is 12.0. The van der Waals surface area contributed by atoms with Gasteiger partial charge in [0.1, 0.15) is 0 Å². The molecular formula is C16H24N2O. The lowest BCUT2D eigenvalue weighted by Crippen LogP contribution is -2.24. The number of nitrogens with one attached hydrogen (secondary N) is 2. The molecule has 0 spiro atoms. The molecule has 104 valence electrons. The molecule has 0 saturated carbocycles. The van der Waals surface area contributed by atoms with Crippen LogP contribution in [0, 0.1) is 0 Å². The van der Waals surface area contributed by atoms with Crippen LogP contribution in [0.25, 0.3) is 0 Å². The van der Waals surface area contributed by atoms with Crippen molar-refractivity contribution in [1.29, 1.82) is 0 Å². The Morgan fingerprint density at radius 3 is 2.95 bits per heavy atom. The van der Waals surface area contributed by atoms with Crippen LogP contribution < -0.4 is 10.6 Å². The number of fused-ring (bicyclic) bond motifs is 1. The van der Waals surface area contributed by atoms with Gasteiger partial charge in [-0.3, -0.25) is 4.79 Å². The summed E-state index contributed by atoms with van der Waals surface area (Å²) < 4.78 is 0. The summed E-state index contributed by atoms with van der Waals surface area (Å²) in [5, 5.41) is 6.51. The Bertz CT molecular complexity index is 442. The zero-order chi connectivity index (χ0) is 13.7. The van der Waals surface area contributed by atoms with Gasteiger partial charge in [-0.25, -0.2) is 0 Å². The average molecular weight is 260 g/mol. The number of benzene rings is 1. The molecule has 0 saturated heterocycles. The molecule has 1 aromatic rings. The van der Waals surface area contributed by atoms with Crippen molar-refractivity contribution in [2.24, 2.45) is 0 Å². The fraction of sp³-hybridized carbons (Fsp3) is 0.562. The van der Waals surface area contributed by atoms with E-state index in [9.17, 15) is 4.79 Å². The number of rotatable bonds is 5. The van der Waals surface area contributed by atoms with Gasteiger partial charge in [0, 0.05) is 18.2 Å². The van der Waals surface area contributed by atoms with Gasteiger partial charge < -0.3 is 10.6 Å². The van der Waals surface area contributed by atoms with E-state index in [4.69, 9.17) is 0 Å². The Morgan fingerprint density at radius 1 is 1.37 bits per heavy atom. The Morgan fingerprint density at radius 2 is 2.21 bits per heavy atom. The Kier molecular flexibility index (Phi) is 4.97. The van der Waals surface area contributed by atoms with Gasteiger partial charge in [0.2, 0.25) is 0 Å². The molecule has 19 heavy (non-hydrogen) atoms. The molecule has 0 aromatic heterocycles. The fourth-order valence-electron chi connectivity index (χ4n) is 2.63. The molecule has 1 heterocycles. The van der Waals surface area contributed by atoms with Gasteiger partial charge in [-0.1, -0.05) is 26.0 Å². The molecule has 1 amide bonds. The van der Waals surface area contributed by atoms with Crippen molar-refractivity contribution in [3.63, 3.8) is 0 Å². The third-order valence-electron chi connectivity index (χ3n) is 3.74. The first-order valence-electron chi connectivity index (χ1n) is 7.40. The second-order valence-corrected chi connectivity index (χ2v) is 5.19. The van der Waals surface area contributed by atoms with Crippen LogP contribution >= 0.6 is 0 Å². The molecule has 2 rings (SSSR count). The maximum Gasteiger partial charge on any atom is 0.251 e. The van der Waals surface area contributed by atoms with Crippen molar-refractivity contribution in [2.45, 2.75) is 45.6 Å². The van der Waals surface area contributed by atoms with E-state index in [2.05, 4.69) is 42.7 Å². The van der Waals surface area contributed by atoms with Gasteiger partial charge in [-0.05, 0) is 49.4 Å². The Hall–Kier alpha value is -1.35. The summed E-state index contributed by atoms with van der Waals surface area (Å²) in [7, 11) is 0. The molecule has 2 N–H and O–H groups in total. The summed E-state index contributed by atoms with van der Waals surface area (Å²) in [6.07, 6.45) is 4.19. The number of hydrogen-bond donors (Lipinski definition) is 2. The molecule has 1 aliphatic heterocycles. The van der Waals surface area contributed by atoms with E-state index in [1.165, 1.54) is 11.1 Å². The minimum atomic E-state index is 0.0831. The van der Waals surface area contributed by atoms with Crippen LogP contribution in [0.1, 0.15) is 60.6 Å². The smallest absolute Gasteiger partial charge is 0.251 e. The first-order valence-corrected chi connectivity index (χ1v) is 7.40. The molecule has 3 heteroatoms. The van der Waals surface area contributed by atoms with Crippen LogP contribution in [0.4, 0.5) is 0 Å². The standard InChI is InChI=1S/C16H24N2O/c1-3-9-17-15(4-2)13-8-7-12-6-5-10-18-16(19)14(12)11-13/h7-8,11,15,17H,3-6,9-10H2,1-2H3,(H,18,19). The van der Waals surface area contributed by atoms with Gasteiger partial charge in [0.05, 0.1) is 0 Å². The predicted molar refractivity (Wildman–Crippen MR) is 78.4 cm³/mol. The Balaban J connectivity index is 2.25. The summed E-state index contributed by atoms with van der Waals surface area (Å²) in [4.78, 5) is 12.1. The first kappa shape index (κ1) is 14.1. The summed E-state index contributed by atoms with van der Waals surface area (Å²) in [5.74, 6) is 0.0831. The average Bonchev–Trinajstić information content (AvgIpc) is 2.62. The SMILES string of the molecule is CCCNC(CC)c1ccc2c(c1)C(=O)NCCC2. The minimum absolute atomic E-state index is 0.0831. The summed E-state index contributed by atoms with van der Waals surface area (Å²) in [5.41, 5.74) is 3.28. The lowest BCUT2D eigenvalue weighted by atomic mass is 9.96. The Labute approximate surface area is 115 Å². The highest BCUT2D eigenvalue weighted by atomic mass is 16.1. The molecule has 1 aromatic carbocycles. The van der Waals surface area contributed by atoms with E-state index in [-0.39, 0.29) is 5.91 Å². The van der Waals surface area contributed by atoms with Crippen LogP contribution in [-0.2, 0) is 6.42 Å². The lowest BCUT2D eigenvalue weighted by Gasteiger charge is -2.18. The number of aryl methyl sites for hydroxylation is 1. The van der Waals surface area contributed by atoms with Gasteiger partial charge in [-0.15, -0.1) is 0 Å². The van der Waals surface area contributed by atoms with Crippen LogP contribution in [0.3, 0.4) is 0 Å². The molecule has 1 atom stereocenters. The quantitative estimate of drug-likeness (QED) is 0.854. The number of amides is 1. The lowest BCUT2D eigenvalue weighted by molar-refractivity contribution is 0.0956. The van der Waals surface area contributed by atoms with Crippen LogP contribution in [0.5, 0.6) is 0 Å². The third-order valence-corrected chi connectivity index (χ3v) is 3.74. The second-order valence-electron chi connectivity index (χ2n) is 5.19. The molecule has 0 bridgehead atoms. The fourth-order valence-corrected chi connectivity index (χ4v) is 2.63. The molecule has 0 fully saturated rings. The van der Waals surface area contributed by atoms with Crippen molar-refractivity contribution in [3.05, 3.63) is 34.9 Å².